The van der Waals surface area contributed by atoms with Gasteiger partial charge in [0.2, 0.25) is 0 Å². The maximum Gasteiger partial charge on any atom is 0.261 e. The van der Waals surface area contributed by atoms with Gasteiger partial charge in [-0.1, -0.05) is 30.3 Å². The van der Waals surface area contributed by atoms with Gasteiger partial charge in [0.05, 0.1) is 6.61 Å². The molecule has 0 aliphatic carbocycles. The number of hydrogen-bond donors (Lipinski definition) is 1. The first-order chi connectivity index (χ1) is 13.0. The van der Waals surface area contributed by atoms with Crippen molar-refractivity contribution in [3.05, 3.63) is 81.4 Å². The van der Waals surface area contributed by atoms with Crippen molar-refractivity contribution in [1.29, 1.82) is 0 Å². The van der Waals surface area contributed by atoms with Crippen molar-refractivity contribution in [3.8, 4) is 0 Å². The number of amides is 1. The molecule has 27 heavy (non-hydrogen) atoms. The molecule has 2 aromatic carbocycles. The number of nitrogens with zero attached hydrogens (tertiary/aromatic N) is 1. The van der Waals surface area contributed by atoms with Gasteiger partial charge in [0.1, 0.15) is 11.4 Å². The molecule has 3 rings (SSSR count). The number of rotatable bonds is 6. The van der Waals surface area contributed by atoms with Crippen LogP contribution in [-0.4, -0.2) is 36.1 Å². The van der Waals surface area contributed by atoms with E-state index in [1.54, 1.807) is 32.2 Å². The number of nitrogens with one attached hydrogen (secondary N) is 1. The van der Waals surface area contributed by atoms with E-state index in [1.807, 2.05) is 18.2 Å². The molecule has 0 unspecified atom stereocenters. The highest BCUT2D eigenvalue weighted by molar-refractivity contribution is 5.99. The van der Waals surface area contributed by atoms with Crippen molar-refractivity contribution in [3.63, 3.8) is 0 Å². The molecule has 1 aromatic heterocycles. The topological polar surface area (TPSA) is 62.4 Å². The number of para-hydroxylation sites is 1. The van der Waals surface area contributed by atoms with E-state index in [1.165, 1.54) is 17.0 Å². The smallest absolute Gasteiger partial charge is 0.261 e. The van der Waals surface area contributed by atoms with Crippen molar-refractivity contribution in [2.45, 2.75) is 13.5 Å². The Morgan fingerprint density at radius 2 is 1.96 bits per heavy atom. The summed E-state index contributed by atoms with van der Waals surface area (Å²) >= 11 is 0. The minimum atomic E-state index is -0.433. The number of aromatic nitrogens is 1. The number of hydrogen-bond acceptors (Lipinski definition) is 3. The maximum atomic E-state index is 13.5. The molecule has 0 aliphatic rings. The first-order valence-electron chi connectivity index (χ1n) is 8.65. The number of aromatic amines is 1. The van der Waals surface area contributed by atoms with Crippen LogP contribution in [0.1, 0.15) is 21.5 Å². The first kappa shape index (κ1) is 18.8. The summed E-state index contributed by atoms with van der Waals surface area (Å²) in [6.07, 6.45) is 0. The molecule has 0 atom stereocenters. The molecule has 3 aromatic rings. The number of benzene rings is 2. The molecule has 0 fully saturated rings. The Labute approximate surface area is 156 Å². The molecule has 0 radical (unpaired) electrons. The Morgan fingerprint density at radius 1 is 1.19 bits per heavy atom. The van der Waals surface area contributed by atoms with Gasteiger partial charge >= 0.3 is 0 Å². The fraction of sp³-hybridized carbons (Fsp3) is 0.238. The molecule has 6 heteroatoms. The molecule has 5 nitrogen and oxygen atoms in total. The number of carbonyl (C=O) groups is 1. The van der Waals surface area contributed by atoms with E-state index in [4.69, 9.17) is 4.74 Å². The third-order valence-corrected chi connectivity index (χ3v) is 4.51. The van der Waals surface area contributed by atoms with Gasteiger partial charge in [0.15, 0.2) is 0 Å². The summed E-state index contributed by atoms with van der Waals surface area (Å²) in [4.78, 5) is 30.0. The molecule has 1 amide bonds. The SMILES string of the molecule is COCCN(Cc1cccc(F)c1)C(=O)c1c(C)c2ccccc2[nH]c1=O. The number of carbonyl (C=O) groups excluding carboxylic acids is 1. The molecule has 0 saturated heterocycles. The second-order valence-corrected chi connectivity index (χ2v) is 6.35. The predicted molar refractivity (Wildman–Crippen MR) is 102 cm³/mol. The molecular weight excluding hydrogens is 347 g/mol. The summed E-state index contributed by atoms with van der Waals surface area (Å²) in [6.45, 7) is 2.55. The predicted octanol–water partition coefficient (Wildman–Crippen LogP) is 3.26. The average Bonchev–Trinajstić information content (AvgIpc) is 2.65. The number of halogens is 1. The quantitative estimate of drug-likeness (QED) is 0.726. The molecule has 0 spiro atoms. The molecule has 0 bridgehead atoms. The van der Waals surface area contributed by atoms with Crippen LogP contribution in [0.25, 0.3) is 10.9 Å². The number of fused-ring (bicyclic) bond motifs is 1. The van der Waals surface area contributed by atoms with E-state index in [-0.39, 0.29) is 24.5 Å². The van der Waals surface area contributed by atoms with Gasteiger partial charge in [-0.2, -0.15) is 0 Å². The highest BCUT2D eigenvalue weighted by Gasteiger charge is 2.22. The van der Waals surface area contributed by atoms with Crippen molar-refractivity contribution in [2.24, 2.45) is 0 Å². The normalized spacial score (nSPS) is 10.9. The average molecular weight is 368 g/mol. The lowest BCUT2D eigenvalue weighted by Gasteiger charge is -2.23. The van der Waals surface area contributed by atoms with Crippen LogP contribution in [0, 0.1) is 12.7 Å². The zero-order chi connectivity index (χ0) is 19.4. The summed E-state index contributed by atoms with van der Waals surface area (Å²) in [7, 11) is 1.54. The van der Waals surface area contributed by atoms with Crippen LogP contribution in [0.15, 0.2) is 53.3 Å². The van der Waals surface area contributed by atoms with Crippen LogP contribution in [0.5, 0.6) is 0 Å². The van der Waals surface area contributed by atoms with Crippen molar-refractivity contribution >= 4 is 16.8 Å². The van der Waals surface area contributed by atoms with Gasteiger partial charge in [0, 0.05) is 31.1 Å². The monoisotopic (exact) mass is 368 g/mol. The zero-order valence-corrected chi connectivity index (χ0v) is 15.3. The van der Waals surface area contributed by atoms with Gasteiger partial charge in [0.25, 0.3) is 11.5 Å². The van der Waals surface area contributed by atoms with Crippen LogP contribution in [-0.2, 0) is 11.3 Å². The second-order valence-electron chi connectivity index (χ2n) is 6.35. The number of pyridine rings is 1. The van der Waals surface area contributed by atoms with Crippen molar-refractivity contribution in [1.82, 2.24) is 9.88 Å². The number of H-pyrrole nitrogens is 1. The summed E-state index contributed by atoms with van der Waals surface area (Å²) in [5.41, 5.74) is 1.62. The molecule has 0 saturated carbocycles. The highest BCUT2D eigenvalue weighted by atomic mass is 19.1. The summed E-state index contributed by atoms with van der Waals surface area (Å²) in [6, 6.07) is 13.4. The summed E-state index contributed by atoms with van der Waals surface area (Å²) in [5.74, 6) is -0.771. The Bertz CT molecular complexity index is 1030. The molecule has 1 N–H and O–H groups in total. The zero-order valence-electron chi connectivity index (χ0n) is 15.3. The van der Waals surface area contributed by atoms with Crippen LogP contribution in [0.3, 0.4) is 0 Å². The fourth-order valence-corrected chi connectivity index (χ4v) is 3.13. The first-order valence-corrected chi connectivity index (χ1v) is 8.65. The number of methoxy groups -OCH3 is 1. The molecule has 0 aliphatic heterocycles. The van der Waals surface area contributed by atoms with E-state index in [9.17, 15) is 14.0 Å². The van der Waals surface area contributed by atoms with Gasteiger partial charge < -0.3 is 14.6 Å². The standard InChI is InChI=1S/C21H21FN2O3/c1-14-17-8-3-4-9-18(17)23-20(25)19(14)21(26)24(10-11-27-2)13-15-6-5-7-16(22)12-15/h3-9,12H,10-11,13H2,1-2H3,(H,23,25). The van der Waals surface area contributed by atoms with Gasteiger partial charge in [-0.05, 0) is 36.2 Å². The lowest BCUT2D eigenvalue weighted by molar-refractivity contribution is 0.0678. The summed E-state index contributed by atoms with van der Waals surface area (Å²) in [5, 5.41) is 0.817. The summed E-state index contributed by atoms with van der Waals surface area (Å²) < 4.78 is 18.6. The minimum Gasteiger partial charge on any atom is -0.383 e. The lowest BCUT2D eigenvalue weighted by Crippen LogP contribution is -2.37. The highest BCUT2D eigenvalue weighted by Crippen LogP contribution is 2.19. The molecule has 140 valence electrons. The van der Waals surface area contributed by atoms with Gasteiger partial charge in [-0.25, -0.2) is 4.39 Å². The van der Waals surface area contributed by atoms with Gasteiger partial charge in [-0.3, -0.25) is 9.59 Å². The Morgan fingerprint density at radius 3 is 2.70 bits per heavy atom. The third-order valence-electron chi connectivity index (χ3n) is 4.51. The van der Waals surface area contributed by atoms with Crippen LogP contribution < -0.4 is 5.56 Å². The third kappa shape index (κ3) is 4.06. The Balaban J connectivity index is 2.01. The van der Waals surface area contributed by atoms with Crippen LogP contribution in [0.2, 0.25) is 0 Å². The number of ether oxygens (including phenoxy) is 1. The molecular formula is C21H21FN2O3. The minimum absolute atomic E-state index is 0.0983. The van der Waals surface area contributed by atoms with Crippen LogP contribution >= 0.6 is 0 Å². The second kappa shape index (κ2) is 8.14. The van der Waals surface area contributed by atoms with E-state index >= 15 is 0 Å². The van der Waals surface area contributed by atoms with Crippen molar-refractivity contribution in [2.75, 3.05) is 20.3 Å². The lowest BCUT2D eigenvalue weighted by atomic mass is 10.0. The number of aryl methyl sites for hydroxylation is 1. The Hall–Kier alpha value is -2.99. The van der Waals surface area contributed by atoms with E-state index in [0.29, 0.717) is 23.3 Å². The Kier molecular flexibility index (Phi) is 5.66. The van der Waals surface area contributed by atoms with E-state index < -0.39 is 11.5 Å². The molecule has 1 heterocycles. The van der Waals surface area contributed by atoms with Gasteiger partial charge in [-0.15, -0.1) is 0 Å². The fourth-order valence-electron chi connectivity index (χ4n) is 3.13. The maximum absolute atomic E-state index is 13.5. The van der Waals surface area contributed by atoms with Crippen LogP contribution in [0.4, 0.5) is 4.39 Å². The van der Waals surface area contributed by atoms with Crippen molar-refractivity contribution < 1.29 is 13.9 Å². The van der Waals surface area contributed by atoms with E-state index in [0.717, 1.165) is 5.39 Å². The van der Waals surface area contributed by atoms with E-state index in [2.05, 4.69) is 4.98 Å². The largest absolute Gasteiger partial charge is 0.383 e.